The highest BCUT2D eigenvalue weighted by Gasteiger charge is 2.30. The number of morpholine rings is 1. The van der Waals surface area contributed by atoms with Crippen molar-refractivity contribution in [2.45, 2.75) is 25.4 Å². The number of benzene rings is 1. The number of ether oxygens (including phenoxy) is 1. The lowest BCUT2D eigenvalue weighted by atomic mass is 9.93. The second-order valence-electron chi connectivity index (χ2n) is 8.29. The van der Waals surface area contributed by atoms with Crippen molar-refractivity contribution in [1.82, 2.24) is 24.7 Å². The summed E-state index contributed by atoms with van der Waals surface area (Å²) in [5, 5.41) is 3.68. The maximum Gasteiger partial charge on any atom is 0.193 e. The van der Waals surface area contributed by atoms with Crippen molar-refractivity contribution in [2.24, 2.45) is 10.9 Å². The molecule has 162 valence electrons. The molecule has 7 nitrogen and oxygen atoms in total. The van der Waals surface area contributed by atoms with Gasteiger partial charge in [-0.1, -0.05) is 37.3 Å². The van der Waals surface area contributed by atoms with E-state index in [1.807, 2.05) is 19.6 Å². The molecule has 0 radical (unpaired) electrons. The second-order valence-corrected chi connectivity index (χ2v) is 8.29. The molecule has 1 aromatic carbocycles. The highest BCUT2D eigenvalue weighted by Crippen LogP contribution is 2.27. The maximum absolute atomic E-state index is 5.58. The Labute approximate surface area is 179 Å². The lowest BCUT2D eigenvalue weighted by Gasteiger charge is -2.40. The summed E-state index contributed by atoms with van der Waals surface area (Å²) < 4.78 is 7.82. The number of hydrogen-bond acceptors (Lipinski definition) is 4. The number of guanidine groups is 1. The number of piperidine rings is 1. The Morgan fingerprint density at radius 3 is 2.73 bits per heavy atom. The Balaban J connectivity index is 1.44. The molecule has 0 aliphatic carbocycles. The van der Waals surface area contributed by atoms with Gasteiger partial charge in [0.05, 0.1) is 31.6 Å². The van der Waals surface area contributed by atoms with Gasteiger partial charge < -0.3 is 19.5 Å². The third-order valence-electron chi connectivity index (χ3n) is 6.46. The molecule has 7 heteroatoms. The van der Waals surface area contributed by atoms with Crippen LogP contribution in [0.3, 0.4) is 0 Å². The fraction of sp³-hybridized carbons (Fsp3) is 0.565. The molecule has 30 heavy (non-hydrogen) atoms. The summed E-state index contributed by atoms with van der Waals surface area (Å²) in [6.07, 6.45) is 7.02. The molecule has 2 aliphatic heterocycles. The number of likely N-dealkylation sites (tertiary alicyclic amines) is 1. The first-order valence-corrected chi connectivity index (χ1v) is 11.1. The zero-order valence-corrected chi connectivity index (χ0v) is 18.2. The van der Waals surface area contributed by atoms with Crippen molar-refractivity contribution in [3.05, 3.63) is 54.6 Å². The molecule has 0 saturated carbocycles. The van der Waals surface area contributed by atoms with E-state index in [1.165, 1.54) is 5.56 Å². The van der Waals surface area contributed by atoms with Gasteiger partial charge in [-0.25, -0.2) is 4.98 Å². The first-order valence-electron chi connectivity index (χ1n) is 11.1. The average molecular weight is 411 g/mol. The summed E-state index contributed by atoms with van der Waals surface area (Å²) >= 11 is 0. The van der Waals surface area contributed by atoms with Crippen molar-refractivity contribution in [1.29, 1.82) is 0 Å². The Bertz CT molecular complexity index is 787. The zero-order valence-electron chi connectivity index (χ0n) is 18.2. The molecule has 3 atom stereocenters. The maximum atomic E-state index is 5.58. The minimum absolute atomic E-state index is 0.306. The summed E-state index contributed by atoms with van der Waals surface area (Å²) in [7, 11) is 1.89. The number of imidazole rings is 1. The molecule has 3 unspecified atom stereocenters. The van der Waals surface area contributed by atoms with Crippen LogP contribution in [0.15, 0.2) is 54.0 Å². The smallest absolute Gasteiger partial charge is 0.193 e. The second kappa shape index (κ2) is 10.1. The van der Waals surface area contributed by atoms with Gasteiger partial charge in [0.15, 0.2) is 5.96 Å². The van der Waals surface area contributed by atoms with Gasteiger partial charge in [-0.15, -0.1) is 0 Å². The number of nitrogens with one attached hydrogen (secondary N) is 1. The van der Waals surface area contributed by atoms with E-state index < -0.39 is 0 Å². The van der Waals surface area contributed by atoms with E-state index in [-0.39, 0.29) is 0 Å². The zero-order chi connectivity index (χ0) is 20.8. The van der Waals surface area contributed by atoms with Crippen LogP contribution in [0.4, 0.5) is 0 Å². The van der Waals surface area contributed by atoms with Gasteiger partial charge in [-0.3, -0.25) is 9.89 Å². The van der Waals surface area contributed by atoms with Crippen LogP contribution in [0, 0.1) is 5.92 Å². The Hall–Kier alpha value is -2.38. The fourth-order valence-corrected chi connectivity index (χ4v) is 4.64. The van der Waals surface area contributed by atoms with Crippen LogP contribution in [0.1, 0.15) is 31.0 Å². The van der Waals surface area contributed by atoms with Crippen LogP contribution in [-0.2, 0) is 4.74 Å². The quantitative estimate of drug-likeness (QED) is 0.606. The molecule has 2 aliphatic rings. The van der Waals surface area contributed by atoms with E-state index in [1.54, 1.807) is 0 Å². The third kappa shape index (κ3) is 4.84. The summed E-state index contributed by atoms with van der Waals surface area (Å²) in [6.45, 7) is 8.67. The molecule has 2 fully saturated rings. The van der Waals surface area contributed by atoms with E-state index in [2.05, 4.69) is 73.1 Å². The van der Waals surface area contributed by atoms with Crippen molar-refractivity contribution >= 4 is 5.96 Å². The standard InChI is InChI=1S/C23H34N6O/c1-19-8-10-28(17-22(19)29-11-9-25-18-29)23(24-2)26-16-21(20-6-4-3-5-7-20)27-12-14-30-15-13-27/h3-7,9,11,18-19,21-22H,8,10,12-17H2,1-2H3,(H,24,26). The number of aromatic nitrogens is 2. The minimum atomic E-state index is 0.306. The van der Waals surface area contributed by atoms with E-state index in [0.29, 0.717) is 18.0 Å². The number of rotatable bonds is 5. The van der Waals surface area contributed by atoms with E-state index in [9.17, 15) is 0 Å². The minimum Gasteiger partial charge on any atom is -0.379 e. The average Bonchev–Trinajstić information content (AvgIpc) is 3.33. The normalized spacial score (nSPS) is 24.6. The Morgan fingerprint density at radius 1 is 1.23 bits per heavy atom. The SMILES string of the molecule is CN=C(NCC(c1ccccc1)N1CCOCC1)N1CCC(C)C(n2ccnc2)C1. The predicted molar refractivity (Wildman–Crippen MR) is 120 cm³/mol. The Kier molecular flexibility index (Phi) is 7.02. The fourth-order valence-electron chi connectivity index (χ4n) is 4.64. The number of hydrogen-bond donors (Lipinski definition) is 1. The molecule has 3 heterocycles. The Morgan fingerprint density at radius 2 is 2.03 bits per heavy atom. The van der Waals surface area contributed by atoms with Gasteiger partial charge in [0.25, 0.3) is 0 Å². The van der Waals surface area contributed by atoms with Crippen LogP contribution < -0.4 is 5.32 Å². The topological polar surface area (TPSA) is 57.9 Å². The van der Waals surface area contributed by atoms with Gasteiger partial charge in [-0.05, 0) is 17.9 Å². The summed E-state index contributed by atoms with van der Waals surface area (Å²) in [5.41, 5.74) is 1.34. The number of nitrogens with zero attached hydrogens (tertiary/aromatic N) is 5. The lowest BCUT2D eigenvalue weighted by molar-refractivity contribution is 0.0168. The highest BCUT2D eigenvalue weighted by atomic mass is 16.5. The lowest BCUT2D eigenvalue weighted by Crippen LogP contribution is -2.51. The highest BCUT2D eigenvalue weighted by molar-refractivity contribution is 5.80. The molecule has 0 bridgehead atoms. The molecule has 0 spiro atoms. The van der Waals surface area contributed by atoms with Crippen LogP contribution in [-0.4, -0.2) is 78.3 Å². The summed E-state index contributed by atoms with van der Waals surface area (Å²) in [4.78, 5) is 13.8. The van der Waals surface area contributed by atoms with Crippen LogP contribution >= 0.6 is 0 Å². The van der Waals surface area contributed by atoms with Crippen molar-refractivity contribution in [3.63, 3.8) is 0 Å². The molecular weight excluding hydrogens is 376 g/mol. The van der Waals surface area contributed by atoms with Gasteiger partial charge in [0.2, 0.25) is 0 Å². The largest absolute Gasteiger partial charge is 0.379 e. The van der Waals surface area contributed by atoms with Crippen LogP contribution in [0.25, 0.3) is 0 Å². The van der Waals surface area contributed by atoms with Crippen LogP contribution in [0.5, 0.6) is 0 Å². The number of aliphatic imine (C=N–C) groups is 1. The van der Waals surface area contributed by atoms with Crippen molar-refractivity contribution < 1.29 is 4.74 Å². The first kappa shape index (κ1) is 20.9. The molecule has 4 rings (SSSR count). The van der Waals surface area contributed by atoms with E-state index in [4.69, 9.17) is 4.74 Å². The van der Waals surface area contributed by atoms with Crippen molar-refractivity contribution in [2.75, 3.05) is 53.0 Å². The summed E-state index contributed by atoms with van der Waals surface area (Å²) in [6, 6.07) is 11.5. The molecule has 1 N–H and O–H groups in total. The monoisotopic (exact) mass is 410 g/mol. The molecule has 1 aromatic heterocycles. The summed E-state index contributed by atoms with van der Waals surface area (Å²) in [5.74, 6) is 1.61. The van der Waals surface area contributed by atoms with Gasteiger partial charge in [-0.2, -0.15) is 0 Å². The van der Waals surface area contributed by atoms with Gasteiger partial charge in [0.1, 0.15) is 0 Å². The molecule has 2 aromatic rings. The molecule has 2 saturated heterocycles. The van der Waals surface area contributed by atoms with E-state index >= 15 is 0 Å². The third-order valence-corrected chi connectivity index (χ3v) is 6.46. The van der Waals surface area contributed by atoms with Crippen molar-refractivity contribution in [3.8, 4) is 0 Å². The molecule has 0 amide bonds. The van der Waals surface area contributed by atoms with Crippen LogP contribution in [0.2, 0.25) is 0 Å². The molecular formula is C23H34N6O. The first-order chi connectivity index (χ1) is 14.8. The van der Waals surface area contributed by atoms with Gasteiger partial charge >= 0.3 is 0 Å². The van der Waals surface area contributed by atoms with Gasteiger partial charge in [0, 0.05) is 52.2 Å². The predicted octanol–water partition coefficient (Wildman–Crippen LogP) is 2.41. The van der Waals surface area contributed by atoms with E-state index in [0.717, 1.165) is 58.3 Å².